The van der Waals surface area contributed by atoms with E-state index < -0.39 is 5.97 Å². The summed E-state index contributed by atoms with van der Waals surface area (Å²) in [5.41, 5.74) is 5.99. The van der Waals surface area contributed by atoms with Crippen molar-refractivity contribution < 1.29 is 19.4 Å². The number of carboxylic acid groups (broad SMARTS) is 1. The maximum absolute atomic E-state index is 13.7. The lowest BCUT2D eigenvalue weighted by atomic mass is 10.00. The molecule has 1 aliphatic rings. The molecule has 0 saturated carbocycles. The fourth-order valence-corrected chi connectivity index (χ4v) is 4.87. The number of rotatable bonds is 6. The number of carboxylic acids is 1. The van der Waals surface area contributed by atoms with Crippen molar-refractivity contribution in [2.24, 2.45) is 0 Å². The van der Waals surface area contributed by atoms with Gasteiger partial charge in [-0.2, -0.15) is 0 Å². The van der Waals surface area contributed by atoms with Crippen LogP contribution in [0.1, 0.15) is 38.3 Å². The number of ether oxygens (including phenoxy) is 1. The number of hydrogen-bond donors (Lipinski definition) is 1. The van der Waals surface area contributed by atoms with Crippen LogP contribution >= 0.6 is 11.6 Å². The van der Waals surface area contributed by atoms with Crippen LogP contribution in [-0.4, -0.2) is 28.2 Å². The summed E-state index contributed by atoms with van der Waals surface area (Å²) >= 11 is 6.03. The lowest BCUT2D eigenvalue weighted by Gasteiger charge is -2.12. The molecule has 0 unspecified atom stereocenters. The van der Waals surface area contributed by atoms with Gasteiger partial charge < -0.3 is 9.84 Å². The maximum Gasteiger partial charge on any atom is 0.307 e. The van der Waals surface area contributed by atoms with Crippen LogP contribution in [0.15, 0.2) is 60.7 Å². The van der Waals surface area contributed by atoms with E-state index in [0.29, 0.717) is 35.6 Å². The Morgan fingerprint density at radius 1 is 1.03 bits per heavy atom. The van der Waals surface area contributed by atoms with Crippen molar-refractivity contribution in [1.29, 1.82) is 0 Å². The average Bonchev–Trinajstić information content (AvgIpc) is 3.39. The molecule has 0 saturated heterocycles. The highest BCUT2D eigenvalue weighted by Crippen LogP contribution is 2.31. The van der Waals surface area contributed by atoms with Crippen LogP contribution in [0, 0.1) is 6.92 Å². The highest BCUT2D eigenvalue weighted by molar-refractivity contribution is 6.30. The van der Waals surface area contributed by atoms with Crippen molar-refractivity contribution >= 4 is 34.4 Å². The standard InChI is InChI=1S/C28H24ClNO4/c1-17-2-9-24-22(14-17)23(16-27(31)32)25(30(24)28(33)19-5-7-21(29)8-6-19)10-3-18-4-11-26-20(15-18)12-13-34-26/h2,4-9,11,14-15H,3,10,12-13,16H2,1H3,(H,31,32). The summed E-state index contributed by atoms with van der Waals surface area (Å²) in [6.07, 6.45) is 1.97. The maximum atomic E-state index is 13.7. The van der Waals surface area contributed by atoms with Crippen molar-refractivity contribution in [2.75, 3.05) is 6.61 Å². The Bertz CT molecular complexity index is 1420. The van der Waals surface area contributed by atoms with Crippen LogP contribution in [-0.2, 0) is 30.5 Å². The van der Waals surface area contributed by atoms with E-state index in [1.807, 2.05) is 37.3 Å². The van der Waals surface area contributed by atoms with Gasteiger partial charge in [-0.15, -0.1) is 0 Å². The lowest BCUT2D eigenvalue weighted by Crippen LogP contribution is -2.17. The monoisotopic (exact) mass is 473 g/mol. The molecule has 1 aromatic heterocycles. The molecule has 34 heavy (non-hydrogen) atoms. The molecule has 4 aromatic rings. The summed E-state index contributed by atoms with van der Waals surface area (Å²) in [7, 11) is 0. The second-order valence-electron chi connectivity index (χ2n) is 8.70. The van der Waals surface area contributed by atoms with Crippen molar-refractivity contribution in [3.05, 3.63) is 99.2 Å². The quantitative estimate of drug-likeness (QED) is 0.393. The summed E-state index contributed by atoms with van der Waals surface area (Å²) in [4.78, 5) is 25.5. The second kappa shape index (κ2) is 8.99. The molecule has 5 rings (SSSR count). The van der Waals surface area contributed by atoms with Gasteiger partial charge in [-0.1, -0.05) is 35.4 Å². The van der Waals surface area contributed by atoms with Gasteiger partial charge in [0.2, 0.25) is 0 Å². The van der Waals surface area contributed by atoms with Crippen molar-refractivity contribution in [1.82, 2.24) is 4.57 Å². The minimum Gasteiger partial charge on any atom is -0.493 e. The Morgan fingerprint density at radius 2 is 1.82 bits per heavy atom. The number of carbonyl (C=O) groups excluding carboxylic acids is 1. The van der Waals surface area contributed by atoms with Gasteiger partial charge in [0.1, 0.15) is 5.75 Å². The van der Waals surface area contributed by atoms with E-state index in [2.05, 4.69) is 6.07 Å². The van der Waals surface area contributed by atoms with Crippen molar-refractivity contribution in [3.63, 3.8) is 0 Å². The molecular formula is C28H24ClNO4. The molecule has 0 amide bonds. The smallest absolute Gasteiger partial charge is 0.307 e. The van der Waals surface area contributed by atoms with E-state index in [0.717, 1.165) is 39.9 Å². The van der Waals surface area contributed by atoms with Crippen LogP contribution in [0.2, 0.25) is 5.02 Å². The van der Waals surface area contributed by atoms with Gasteiger partial charge in [0, 0.05) is 28.1 Å². The van der Waals surface area contributed by atoms with Gasteiger partial charge >= 0.3 is 5.97 Å². The fourth-order valence-electron chi connectivity index (χ4n) is 4.75. The number of aromatic nitrogens is 1. The molecule has 0 radical (unpaired) electrons. The summed E-state index contributed by atoms with van der Waals surface area (Å²) in [5, 5.41) is 11.0. The zero-order valence-electron chi connectivity index (χ0n) is 18.8. The van der Waals surface area contributed by atoms with Crippen LogP contribution < -0.4 is 4.74 Å². The van der Waals surface area contributed by atoms with E-state index in [4.69, 9.17) is 16.3 Å². The minimum atomic E-state index is -0.921. The number of fused-ring (bicyclic) bond motifs is 2. The molecule has 0 fully saturated rings. The molecule has 2 heterocycles. The number of nitrogens with zero attached hydrogens (tertiary/aromatic N) is 1. The highest BCUT2D eigenvalue weighted by Gasteiger charge is 2.24. The number of carbonyl (C=O) groups is 2. The first-order chi connectivity index (χ1) is 16.4. The Hall–Kier alpha value is -3.57. The third-order valence-corrected chi connectivity index (χ3v) is 6.61. The predicted octanol–water partition coefficient (Wildman–Crippen LogP) is 5.64. The first-order valence-corrected chi connectivity index (χ1v) is 11.7. The molecule has 0 atom stereocenters. The number of aliphatic carboxylic acids is 1. The summed E-state index contributed by atoms with van der Waals surface area (Å²) in [5.74, 6) is -0.187. The Kier molecular flexibility index (Phi) is 5.88. The normalized spacial score (nSPS) is 12.5. The number of hydrogen-bond acceptors (Lipinski definition) is 3. The summed E-state index contributed by atoms with van der Waals surface area (Å²) in [6.45, 7) is 2.67. The van der Waals surface area contributed by atoms with Gasteiger partial charge in [0.25, 0.3) is 5.91 Å². The van der Waals surface area contributed by atoms with Crippen molar-refractivity contribution in [3.8, 4) is 5.75 Å². The lowest BCUT2D eigenvalue weighted by molar-refractivity contribution is -0.136. The first kappa shape index (κ1) is 22.2. The van der Waals surface area contributed by atoms with Crippen LogP contribution in [0.5, 0.6) is 5.75 Å². The number of benzene rings is 3. The molecule has 3 aromatic carbocycles. The van der Waals surface area contributed by atoms with Crippen molar-refractivity contribution in [2.45, 2.75) is 32.6 Å². The van der Waals surface area contributed by atoms with E-state index >= 15 is 0 Å². The zero-order chi connectivity index (χ0) is 23.8. The molecule has 5 nitrogen and oxygen atoms in total. The zero-order valence-corrected chi connectivity index (χ0v) is 19.6. The van der Waals surface area contributed by atoms with Gasteiger partial charge in [-0.05, 0) is 78.9 Å². The molecular weight excluding hydrogens is 450 g/mol. The topological polar surface area (TPSA) is 68.5 Å². The van der Waals surface area contributed by atoms with E-state index in [9.17, 15) is 14.7 Å². The number of halogens is 1. The average molecular weight is 474 g/mol. The molecule has 172 valence electrons. The van der Waals surface area contributed by atoms with Gasteiger partial charge in [-0.25, -0.2) is 0 Å². The fraction of sp³-hybridized carbons (Fsp3) is 0.214. The van der Waals surface area contributed by atoms with Gasteiger partial charge in [0.05, 0.1) is 18.5 Å². The van der Waals surface area contributed by atoms with Gasteiger partial charge in [0.15, 0.2) is 0 Å². The van der Waals surface area contributed by atoms with E-state index in [-0.39, 0.29) is 12.3 Å². The molecule has 0 aliphatic carbocycles. The van der Waals surface area contributed by atoms with E-state index in [1.165, 1.54) is 5.56 Å². The van der Waals surface area contributed by atoms with Gasteiger partial charge in [-0.3, -0.25) is 14.2 Å². The predicted molar refractivity (Wildman–Crippen MR) is 132 cm³/mol. The molecule has 1 N–H and O–H groups in total. The molecule has 1 aliphatic heterocycles. The summed E-state index contributed by atoms with van der Waals surface area (Å²) in [6, 6.07) is 18.8. The highest BCUT2D eigenvalue weighted by atomic mass is 35.5. The number of aryl methyl sites for hydroxylation is 2. The largest absolute Gasteiger partial charge is 0.493 e. The van der Waals surface area contributed by atoms with Crippen LogP contribution in [0.3, 0.4) is 0 Å². The Balaban J connectivity index is 1.62. The van der Waals surface area contributed by atoms with Crippen LogP contribution in [0.25, 0.3) is 10.9 Å². The summed E-state index contributed by atoms with van der Waals surface area (Å²) < 4.78 is 7.30. The second-order valence-corrected chi connectivity index (χ2v) is 9.14. The SMILES string of the molecule is Cc1ccc2c(c1)c(CC(=O)O)c(CCc1ccc3c(c1)CCO3)n2C(=O)c1ccc(Cl)cc1. The van der Waals surface area contributed by atoms with E-state index in [1.54, 1.807) is 28.8 Å². The molecule has 0 spiro atoms. The molecule has 0 bridgehead atoms. The third-order valence-electron chi connectivity index (χ3n) is 6.36. The molecule has 6 heteroatoms. The Morgan fingerprint density at radius 3 is 2.59 bits per heavy atom. The first-order valence-electron chi connectivity index (χ1n) is 11.3. The minimum absolute atomic E-state index is 0.145. The third kappa shape index (κ3) is 4.19. The Labute approximate surface area is 202 Å². The van der Waals surface area contributed by atoms with Crippen LogP contribution in [0.4, 0.5) is 0 Å².